The molecule has 4 rings (SSSR count). The highest BCUT2D eigenvalue weighted by Gasteiger charge is 2.35. The highest BCUT2D eigenvalue weighted by molar-refractivity contribution is 7.92. The molecule has 2 amide bonds. The van der Waals surface area contributed by atoms with Gasteiger partial charge in [-0.2, -0.15) is 0 Å². The number of halogens is 3. The van der Waals surface area contributed by atoms with Crippen LogP contribution in [0.2, 0.25) is 10.0 Å². The third-order valence-corrected chi connectivity index (χ3v) is 9.95. The Morgan fingerprint density at radius 3 is 2.14 bits per heavy atom. The van der Waals surface area contributed by atoms with E-state index in [9.17, 15) is 22.4 Å². The summed E-state index contributed by atoms with van der Waals surface area (Å²) >= 11 is 12.9. The van der Waals surface area contributed by atoms with E-state index < -0.39 is 34.3 Å². The second kappa shape index (κ2) is 14.4. The van der Waals surface area contributed by atoms with E-state index in [1.54, 1.807) is 55.5 Å². The zero-order chi connectivity index (χ0) is 30.3. The van der Waals surface area contributed by atoms with E-state index in [0.717, 1.165) is 60.7 Å². The van der Waals surface area contributed by atoms with Crippen LogP contribution in [0.4, 0.5) is 10.1 Å². The fraction of sp³-hybridized carbons (Fsp3) is 0.355. The Hall–Kier alpha value is -3.14. The highest BCUT2D eigenvalue weighted by Crippen LogP contribution is 2.29. The van der Waals surface area contributed by atoms with Crippen LogP contribution in [0.3, 0.4) is 0 Å². The summed E-state index contributed by atoms with van der Waals surface area (Å²) in [5.41, 5.74) is 0.691. The summed E-state index contributed by atoms with van der Waals surface area (Å²) in [6, 6.07) is 16.6. The van der Waals surface area contributed by atoms with Crippen LogP contribution in [0, 0.1) is 5.82 Å². The molecule has 3 aromatic carbocycles. The van der Waals surface area contributed by atoms with Crippen molar-refractivity contribution in [2.45, 2.75) is 69.0 Å². The summed E-state index contributed by atoms with van der Waals surface area (Å²) in [7, 11) is -4.30. The van der Waals surface area contributed by atoms with Crippen LogP contribution in [-0.4, -0.2) is 43.8 Å². The Balaban J connectivity index is 1.72. The molecule has 0 heterocycles. The summed E-state index contributed by atoms with van der Waals surface area (Å²) in [5, 5.41) is 3.74. The van der Waals surface area contributed by atoms with Crippen molar-refractivity contribution in [2.75, 3.05) is 10.8 Å². The molecule has 1 atom stereocenters. The highest BCUT2D eigenvalue weighted by atomic mass is 35.5. The second-order valence-electron chi connectivity index (χ2n) is 10.3. The van der Waals surface area contributed by atoms with Crippen molar-refractivity contribution in [1.82, 2.24) is 10.2 Å². The van der Waals surface area contributed by atoms with Crippen LogP contribution >= 0.6 is 23.2 Å². The normalized spacial score (nSPS) is 14.7. The molecule has 3 aromatic rings. The monoisotopic (exact) mass is 633 g/mol. The van der Waals surface area contributed by atoms with Gasteiger partial charge in [-0.1, -0.05) is 73.7 Å². The first-order chi connectivity index (χ1) is 20.1. The maximum Gasteiger partial charge on any atom is 0.264 e. The predicted molar refractivity (Wildman–Crippen MR) is 163 cm³/mol. The first-order valence-electron chi connectivity index (χ1n) is 14.0. The summed E-state index contributed by atoms with van der Waals surface area (Å²) in [4.78, 5) is 29.0. The zero-order valence-electron chi connectivity index (χ0n) is 23.3. The standard InChI is InChI=1S/C31H34Cl2FN3O4S/c1-2-29(31(39)35-23-10-5-3-6-11-23)36(20-26-27(32)14-9-15-28(26)33)30(38)21-37(24-12-7-4-8-13-24)42(40,41)25-18-16-22(34)17-19-25/h4,7-9,12-19,23,29H,2-3,5-6,10-11,20-21H2,1H3,(H,35,39). The van der Waals surface area contributed by atoms with Gasteiger partial charge in [0.2, 0.25) is 11.8 Å². The van der Waals surface area contributed by atoms with Crippen molar-refractivity contribution in [3.63, 3.8) is 0 Å². The third kappa shape index (κ3) is 7.62. The number of carbonyl (C=O) groups is 2. The van der Waals surface area contributed by atoms with Gasteiger partial charge in [-0.3, -0.25) is 13.9 Å². The molecule has 1 unspecified atom stereocenters. The minimum atomic E-state index is -4.30. The Labute approximate surface area is 256 Å². The average Bonchev–Trinajstić information content (AvgIpc) is 2.98. The van der Waals surface area contributed by atoms with Gasteiger partial charge in [0.05, 0.1) is 10.6 Å². The van der Waals surface area contributed by atoms with Gasteiger partial charge < -0.3 is 10.2 Å². The van der Waals surface area contributed by atoms with Crippen LogP contribution < -0.4 is 9.62 Å². The number of para-hydroxylation sites is 1. The maximum atomic E-state index is 14.2. The van der Waals surface area contributed by atoms with Crippen LogP contribution in [0.1, 0.15) is 51.0 Å². The lowest BCUT2D eigenvalue weighted by atomic mass is 9.95. The quantitative estimate of drug-likeness (QED) is 0.258. The lowest BCUT2D eigenvalue weighted by molar-refractivity contribution is -0.140. The molecule has 0 saturated heterocycles. The smallest absolute Gasteiger partial charge is 0.264 e. The number of carbonyl (C=O) groups excluding carboxylic acids is 2. The fourth-order valence-electron chi connectivity index (χ4n) is 5.17. The number of benzene rings is 3. The Morgan fingerprint density at radius 2 is 1.55 bits per heavy atom. The lowest BCUT2D eigenvalue weighted by Crippen LogP contribution is -2.54. The van der Waals surface area contributed by atoms with Crippen molar-refractivity contribution in [1.29, 1.82) is 0 Å². The Kier molecular flexibility index (Phi) is 10.9. The number of hydrogen-bond acceptors (Lipinski definition) is 4. The Morgan fingerprint density at radius 1 is 0.929 bits per heavy atom. The van der Waals surface area contributed by atoms with Crippen molar-refractivity contribution < 1.29 is 22.4 Å². The molecule has 1 saturated carbocycles. The second-order valence-corrected chi connectivity index (χ2v) is 13.0. The average molecular weight is 635 g/mol. The number of amides is 2. The predicted octanol–water partition coefficient (Wildman–Crippen LogP) is 6.58. The van der Waals surface area contributed by atoms with E-state index in [-0.39, 0.29) is 35.5 Å². The first kappa shape index (κ1) is 31.8. The molecule has 0 aromatic heterocycles. The topological polar surface area (TPSA) is 86.8 Å². The fourth-order valence-corrected chi connectivity index (χ4v) is 7.11. The van der Waals surface area contributed by atoms with Crippen molar-refractivity contribution in [2.24, 2.45) is 0 Å². The van der Waals surface area contributed by atoms with E-state index in [1.807, 2.05) is 0 Å². The lowest BCUT2D eigenvalue weighted by Gasteiger charge is -2.34. The zero-order valence-corrected chi connectivity index (χ0v) is 25.6. The van der Waals surface area contributed by atoms with Gasteiger partial charge in [-0.05, 0) is 67.8 Å². The molecule has 0 spiro atoms. The molecular weight excluding hydrogens is 600 g/mol. The summed E-state index contributed by atoms with van der Waals surface area (Å²) in [6.07, 6.45) is 5.17. The minimum Gasteiger partial charge on any atom is -0.352 e. The van der Waals surface area contributed by atoms with Crippen molar-refractivity contribution in [3.05, 3.63) is 94.2 Å². The molecule has 224 valence electrons. The first-order valence-corrected chi connectivity index (χ1v) is 16.2. The molecule has 1 aliphatic carbocycles. The van der Waals surface area contributed by atoms with Gasteiger partial charge in [-0.15, -0.1) is 0 Å². The van der Waals surface area contributed by atoms with E-state index >= 15 is 0 Å². The van der Waals surface area contributed by atoms with Crippen LogP contribution in [0.5, 0.6) is 0 Å². The molecule has 0 bridgehead atoms. The van der Waals surface area contributed by atoms with E-state index in [2.05, 4.69) is 5.32 Å². The van der Waals surface area contributed by atoms with Crippen LogP contribution in [-0.2, 0) is 26.2 Å². The van der Waals surface area contributed by atoms with Gasteiger partial charge in [0, 0.05) is 28.2 Å². The number of anilines is 1. The van der Waals surface area contributed by atoms with E-state index in [0.29, 0.717) is 15.6 Å². The summed E-state index contributed by atoms with van der Waals surface area (Å²) < 4.78 is 42.2. The molecule has 1 aliphatic rings. The molecule has 7 nitrogen and oxygen atoms in total. The molecule has 1 fully saturated rings. The van der Waals surface area contributed by atoms with Crippen LogP contribution in [0.25, 0.3) is 0 Å². The number of nitrogens with zero attached hydrogens (tertiary/aromatic N) is 2. The molecular formula is C31H34Cl2FN3O4S. The van der Waals surface area contributed by atoms with Gasteiger partial charge in [0.25, 0.3) is 10.0 Å². The van der Waals surface area contributed by atoms with Gasteiger partial charge >= 0.3 is 0 Å². The largest absolute Gasteiger partial charge is 0.352 e. The van der Waals surface area contributed by atoms with Crippen molar-refractivity contribution in [3.8, 4) is 0 Å². The van der Waals surface area contributed by atoms with E-state index in [1.165, 1.54) is 4.90 Å². The molecule has 11 heteroatoms. The van der Waals surface area contributed by atoms with Gasteiger partial charge in [0.15, 0.2) is 0 Å². The molecule has 0 radical (unpaired) electrons. The minimum absolute atomic E-state index is 0.0147. The van der Waals surface area contributed by atoms with Gasteiger partial charge in [-0.25, -0.2) is 12.8 Å². The molecule has 0 aliphatic heterocycles. The summed E-state index contributed by atoms with van der Waals surface area (Å²) in [5.74, 6) is -1.52. The molecule has 1 N–H and O–H groups in total. The Bertz CT molecular complexity index is 1460. The van der Waals surface area contributed by atoms with Gasteiger partial charge in [0.1, 0.15) is 18.4 Å². The van der Waals surface area contributed by atoms with E-state index in [4.69, 9.17) is 23.2 Å². The van der Waals surface area contributed by atoms with Crippen molar-refractivity contribution >= 4 is 50.7 Å². The number of rotatable bonds is 11. The summed E-state index contributed by atoms with van der Waals surface area (Å²) in [6.45, 7) is 1.08. The third-order valence-electron chi connectivity index (χ3n) is 7.45. The number of nitrogens with one attached hydrogen (secondary N) is 1. The molecule has 42 heavy (non-hydrogen) atoms. The number of sulfonamides is 1. The number of hydrogen-bond donors (Lipinski definition) is 1. The maximum absolute atomic E-state index is 14.2. The SMILES string of the molecule is CCC(C(=O)NC1CCCCC1)N(Cc1c(Cl)cccc1Cl)C(=O)CN(c1ccccc1)S(=O)(=O)c1ccc(F)cc1. The van der Waals surface area contributed by atoms with Crippen LogP contribution in [0.15, 0.2) is 77.7 Å².